The third-order valence-electron chi connectivity index (χ3n) is 2.80. The smallest absolute Gasteiger partial charge is 0.237 e. The first-order valence-corrected chi connectivity index (χ1v) is 5.66. The van der Waals surface area contributed by atoms with Gasteiger partial charge in [-0.1, -0.05) is 26.7 Å². The Bertz CT molecular complexity index is 185. The molecule has 0 rings (SSSR count). The molecule has 0 aromatic carbocycles. The van der Waals surface area contributed by atoms with Crippen LogP contribution in [0.4, 0.5) is 0 Å². The lowest BCUT2D eigenvalue weighted by atomic mass is 9.89. The quantitative estimate of drug-likeness (QED) is 0.566. The lowest BCUT2D eigenvalue weighted by Gasteiger charge is -2.30. The number of nitrogens with one attached hydrogen (secondary N) is 1. The van der Waals surface area contributed by atoms with Crippen LogP contribution < -0.4 is 11.1 Å². The van der Waals surface area contributed by atoms with E-state index in [1.807, 2.05) is 6.92 Å². The van der Waals surface area contributed by atoms with E-state index < -0.39 is 5.54 Å². The summed E-state index contributed by atoms with van der Waals surface area (Å²) in [6.07, 6.45) is 3.61. The molecule has 0 heterocycles. The van der Waals surface area contributed by atoms with Crippen molar-refractivity contribution < 1.29 is 9.53 Å². The van der Waals surface area contributed by atoms with Crippen molar-refractivity contribution in [2.75, 3.05) is 20.3 Å². The number of primary amides is 1. The van der Waals surface area contributed by atoms with Crippen molar-refractivity contribution in [3.05, 3.63) is 0 Å². The zero-order valence-electron chi connectivity index (χ0n) is 10.1. The second kappa shape index (κ2) is 7.65. The highest BCUT2D eigenvalue weighted by molar-refractivity contribution is 5.84. The van der Waals surface area contributed by atoms with Crippen molar-refractivity contribution in [3.63, 3.8) is 0 Å². The standard InChI is InChI=1S/C11H24N2O2/c1-4-6-7-11(5-2,10(12)14)13-8-9-15-3/h13H,4-9H2,1-3H3,(H2,12,14). The molecule has 0 spiro atoms. The van der Waals surface area contributed by atoms with E-state index in [4.69, 9.17) is 10.5 Å². The Morgan fingerprint density at radius 1 is 1.47 bits per heavy atom. The van der Waals surface area contributed by atoms with Crippen LogP contribution in [0.3, 0.4) is 0 Å². The minimum Gasteiger partial charge on any atom is -0.383 e. The molecular weight excluding hydrogens is 192 g/mol. The van der Waals surface area contributed by atoms with Gasteiger partial charge in [0.2, 0.25) is 5.91 Å². The fourth-order valence-electron chi connectivity index (χ4n) is 1.65. The summed E-state index contributed by atoms with van der Waals surface area (Å²) in [6, 6.07) is 0. The molecule has 4 nitrogen and oxygen atoms in total. The number of methoxy groups -OCH3 is 1. The average molecular weight is 216 g/mol. The second-order valence-corrected chi connectivity index (χ2v) is 3.82. The number of hydrogen-bond acceptors (Lipinski definition) is 3. The highest BCUT2D eigenvalue weighted by Crippen LogP contribution is 2.18. The Morgan fingerprint density at radius 3 is 2.53 bits per heavy atom. The summed E-state index contributed by atoms with van der Waals surface area (Å²) in [5, 5.41) is 3.22. The molecule has 0 saturated carbocycles. The molecule has 0 aliphatic heterocycles. The summed E-state index contributed by atoms with van der Waals surface area (Å²) in [4.78, 5) is 11.5. The van der Waals surface area contributed by atoms with Crippen molar-refractivity contribution in [1.82, 2.24) is 5.32 Å². The van der Waals surface area contributed by atoms with Crippen LogP contribution in [0.25, 0.3) is 0 Å². The molecule has 0 fully saturated rings. The lowest BCUT2D eigenvalue weighted by Crippen LogP contribution is -2.55. The molecule has 0 aromatic heterocycles. The van der Waals surface area contributed by atoms with Gasteiger partial charge < -0.3 is 15.8 Å². The minimum absolute atomic E-state index is 0.255. The number of ether oxygens (including phenoxy) is 1. The Labute approximate surface area is 92.6 Å². The fraction of sp³-hybridized carbons (Fsp3) is 0.909. The van der Waals surface area contributed by atoms with Crippen molar-refractivity contribution in [3.8, 4) is 0 Å². The van der Waals surface area contributed by atoms with E-state index in [-0.39, 0.29) is 5.91 Å². The molecule has 15 heavy (non-hydrogen) atoms. The third-order valence-corrected chi connectivity index (χ3v) is 2.80. The maximum absolute atomic E-state index is 11.5. The number of rotatable bonds is 9. The summed E-state index contributed by atoms with van der Waals surface area (Å²) in [7, 11) is 1.64. The first-order valence-electron chi connectivity index (χ1n) is 5.66. The van der Waals surface area contributed by atoms with Gasteiger partial charge in [0.25, 0.3) is 0 Å². The van der Waals surface area contributed by atoms with Crippen LogP contribution >= 0.6 is 0 Å². The Kier molecular flexibility index (Phi) is 7.34. The first-order chi connectivity index (χ1) is 7.13. The topological polar surface area (TPSA) is 64.3 Å². The predicted molar refractivity (Wildman–Crippen MR) is 61.6 cm³/mol. The van der Waals surface area contributed by atoms with Gasteiger partial charge in [0.05, 0.1) is 12.1 Å². The summed E-state index contributed by atoms with van der Waals surface area (Å²) in [6.45, 7) is 5.36. The van der Waals surface area contributed by atoms with Crippen LogP contribution in [0.5, 0.6) is 0 Å². The van der Waals surface area contributed by atoms with Crippen LogP contribution in [-0.4, -0.2) is 31.7 Å². The van der Waals surface area contributed by atoms with Crippen LogP contribution in [0.15, 0.2) is 0 Å². The molecule has 0 aromatic rings. The van der Waals surface area contributed by atoms with E-state index in [0.29, 0.717) is 13.2 Å². The van der Waals surface area contributed by atoms with Crippen LogP contribution in [-0.2, 0) is 9.53 Å². The molecule has 0 radical (unpaired) electrons. The van der Waals surface area contributed by atoms with E-state index in [9.17, 15) is 4.79 Å². The van der Waals surface area contributed by atoms with Gasteiger partial charge in [0.1, 0.15) is 0 Å². The highest BCUT2D eigenvalue weighted by Gasteiger charge is 2.32. The zero-order chi connectivity index (χ0) is 11.7. The fourth-order valence-corrected chi connectivity index (χ4v) is 1.65. The van der Waals surface area contributed by atoms with E-state index in [0.717, 1.165) is 25.7 Å². The Hall–Kier alpha value is -0.610. The number of nitrogens with two attached hydrogens (primary N) is 1. The minimum atomic E-state index is -0.547. The van der Waals surface area contributed by atoms with Gasteiger partial charge in [-0.05, 0) is 12.8 Å². The summed E-state index contributed by atoms with van der Waals surface area (Å²) < 4.78 is 4.95. The lowest BCUT2D eigenvalue weighted by molar-refractivity contribution is -0.125. The predicted octanol–water partition coefficient (Wildman–Crippen LogP) is 1.05. The summed E-state index contributed by atoms with van der Waals surface area (Å²) in [5.41, 5.74) is 4.92. The van der Waals surface area contributed by atoms with Crippen LogP contribution in [0.2, 0.25) is 0 Å². The van der Waals surface area contributed by atoms with E-state index in [2.05, 4.69) is 12.2 Å². The first kappa shape index (κ1) is 14.4. The molecule has 90 valence electrons. The van der Waals surface area contributed by atoms with Crippen molar-refractivity contribution in [2.24, 2.45) is 5.73 Å². The normalized spacial score (nSPS) is 14.9. The average Bonchev–Trinajstić information content (AvgIpc) is 2.23. The van der Waals surface area contributed by atoms with Gasteiger partial charge >= 0.3 is 0 Å². The van der Waals surface area contributed by atoms with Gasteiger partial charge in [-0.25, -0.2) is 0 Å². The van der Waals surface area contributed by atoms with Gasteiger partial charge in [-0.2, -0.15) is 0 Å². The Balaban J connectivity index is 4.30. The van der Waals surface area contributed by atoms with E-state index in [1.165, 1.54) is 0 Å². The number of amides is 1. The van der Waals surface area contributed by atoms with E-state index >= 15 is 0 Å². The maximum atomic E-state index is 11.5. The molecule has 1 amide bonds. The highest BCUT2D eigenvalue weighted by atomic mass is 16.5. The SMILES string of the molecule is CCCCC(CC)(NCCOC)C(N)=O. The molecule has 4 heteroatoms. The monoisotopic (exact) mass is 216 g/mol. The zero-order valence-corrected chi connectivity index (χ0v) is 10.1. The number of carbonyl (C=O) groups is 1. The van der Waals surface area contributed by atoms with Crippen molar-refractivity contribution >= 4 is 5.91 Å². The van der Waals surface area contributed by atoms with Crippen molar-refractivity contribution in [1.29, 1.82) is 0 Å². The summed E-state index contributed by atoms with van der Waals surface area (Å²) >= 11 is 0. The van der Waals surface area contributed by atoms with Crippen LogP contribution in [0, 0.1) is 0 Å². The Morgan fingerprint density at radius 2 is 2.13 bits per heavy atom. The molecular formula is C11H24N2O2. The molecule has 0 saturated heterocycles. The second-order valence-electron chi connectivity index (χ2n) is 3.82. The third kappa shape index (κ3) is 4.62. The molecule has 3 N–H and O–H groups in total. The van der Waals surface area contributed by atoms with Gasteiger partial charge in [-0.3, -0.25) is 4.79 Å². The van der Waals surface area contributed by atoms with E-state index in [1.54, 1.807) is 7.11 Å². The molecule has 1 atom stereocenters. The van der Waals surface area contributed by atoms with Gasteiger partial charge in [0.15, 0.2) is 0 Å². The largest absolute Gasteiger partial charge is 0.383 e. The van der Waals surface area contributed by atoms with Gasteiger partial charge in [0, 0.05) is 13.7 Å². The number of hydrogen-bond donors (Lipinski definition) is 2. The molecule has 0 aliphatic rings. The number of unbranched alkanes of at least 4 members (excludes halogenated alkanes) is 1. The summed E-state index contributed by atoms with van der Waals surface area (Å²) in [5.74, 6) is -0.255. The number of carbonyl (C=O) groups excluding carboxylic acids is 1. The molecule has 1 unspecified atom stereocenters. The maximum Gasteiger partial charge on any atom is 0.237 e. The molecule has 0 aliphatic carbocycles. The van der Waals surface area contributed by atoms with Gasteiger partial charge in [-0.15, -0.1) is 0 Å². The molecule has 0 bridgehead atoms. The van der Waals surface area contributed by atoms with Crippen LogP contribution in [0.1, 0.15) is 39.5 Å². The van der Waals surface area contributed by atoms with Crippen molar-refractivity contribution in [2.45, 2.75) is 45.1 Å².